The van der Waals surface area contributed by atoms with Gasteiger partial charge in [0.25, 0.3) is 0 Å². The van der Waals surface area contributed by atoms with Gasteiger partial charge < -0.3 is 14.2 Å². The summed E-state index contributed by atoms with van der Waals surface area (Å²) >= 11 is 0. The number of hydrogen-bond acceptors (Lipinski definition) is 5. The monoisotopic (exact) mass is 811 g/mol. The van der Waals surface area contributed by atoms with Crippen molar-refractivity contribution < 1.29 is 23.8 Å². The molecule has 0 aliphatic carbocycles. The van der Waals surface area contributed by atoms with Crippen molar-refractivity contribution in [2.45, 2.75) is 245 Å². The van der Waals surface area contributed by atoms with Crippen LogP contribution in [0.25, 0.3) is 0 Å². The molecule has 0 bridgehead atoms. The zero-order valence-corrected chi connectivity index (χ0v) is 38.6. The van der Waals surface area contributed by atoms with Crippen molar-refractivity contribution in [2.75, 3.05) is 19.8 Å². The lowest BCUT2D eigenvalue weighted by molar-refractivity contribution is -0.162. The van der Waals surface area contributed by atoms with Gasteiger partial charge in [-0.3, -0.25) is 9.59 Å². The smallest absolute Gasteiger partial charge is 0.306 e. The first kappa shape index (κ1) is 55.6. The quantitative estimate of drug-likeness (QED) is 0.0348. The predicted octanol–water partition coefficient (Wildman–Crippen LogP) is 16.6. The van der Waals surface area contributed by atoms with Gasteiger partial charge in [0, 0.05) is 12.8 Å². The van der Waals surface area contributed by atoms with Gasteiger partial charge in [-0.2, -0.15) is 0 Å². The number of esters is 2. The Balaban J connectivity index is 4.18. The Bertz CT molecular complexity index is 1010. The van der Waals surface area contributed by atoms with Gasteiger partial charge in [-0.05, 0) is 51.4 Å². The van der Waals surface area contributed by atoms with Crippen LogP contribution in [0.15, 0.2) is 60.8 Å². The van der Waals surface area contributed by atoms with Gasteiger partial charge in [0.05, 0.1) is 13.2 Å². The van der Waals surface area contributed by atoms with Crippen LogP contribution < -0.4 is 0 Å². The molecule has 0 rings (SSSR count). The second-order valence-electron chi connectivity index (χ2n) is 16.4. The van der Waals surface area contributed by atoms with E-state index >= 15 is 0 Å². The SMILES string of the molecule is CC/C=C\C/C=C\C/C=C\C/C=C\C/C=C\CCOCC(COC(=O)CCCCCCCCCCCCCCCCCCCCC)OC(=O)CCCCCCCCC. The van der Waals surface area contributed by atoms with Crippen LogP contribution in [0.3, 0.4) is 0 Å². The average Bonchev–Trinajstić information content (AvgIpc) is 3.22. The third kappa shape index (κ3) is 46.3. The first-order chi connectivity index (χ1) is 28.6. The summed E-state index contributed by atoms with van der Waals surface area (Å²) in [6.45, 7) is 7.49. The van der Waals surface area contributed by atoms with Crippen LogP contribution in [0.1, 0.15) is 239 Å². The van der Waals surface area contributed by atoms with E-state index in [1.54, 1.807) is 0 Å². The Morgan fingerprint density at radius 1 is 0.397 bits per heavy atom. The Morgan fingerprint density at radius 3 is 1.14 bits per heavy atom. The largest absolute Gasteiger partial charge is 0.462 e. The molecule has 336 valence electrons. The minimum atomic E-state index is -0.570. The predicted molar refractivity (Wildman–Crippen MR) is 251 cm³/mol. The molecule has 58 heavy (non-hydrogen) atoms. The lowest BCUT2D eigenvalue weighted by Gasteiger charge is -2.18. The summed E-state index contributed by atoms with van der Waals surface area (Å²) in [4.78, 5) is 25.2. The van der Waals surface area contributed by atoms with E-state index in [4.69, 9.17) is 14.2 Å². The van der Waals surface area contributed by atoms with E-state index in [1.165, 1.54) is 135 Å². The lowest BCUT2D eigenvalue weighted by Crippen LogP contribution is -2.30. The summed E-state index contributed by atoms with van der Waals surface area (Å²) in [6.07, 6.45) is 61.2. The van der Waals surface area contributed by atoms with E-state index in [9.17, 15) is 9.59 Å². The van der Waals surface area contributed by atoms with Crippen molar-refractivity contribution in [2.24, 2.45) is 0 Å². The van der Waals surface area contributed by atoms with Crippen molar-refractivity contribution in [3.63, 3.8) is 0 Å². The Kier molecular flexibility index (Phi) is 46.9. The van der Waals surface area contributed by atoms with Crippen molar-refractivity contribution in [3.05, 3.63) is 60.8 Å². The lowest BCUT2D eigenvalue weighted by atomic mass is 10.0. The molecule has 1 unspecified atom stereocenters. The van der Waals surface area contributed by atoms with Gasteiger partial charge >= 0.3 is 11.9 Å². The van der Waals surface area contributed by atoms with Gasteiger partial charge in [-0.1, -0.05) is 236 Å². The standard InChI is InChI=1S/C53H94O5/c1-4-7-10-13-16-18-20-22-24-26-27-28-29-31-33-35-38-40-43-46-52(54)57-50-51(58-53(55)47-44-41-37-15-12-9-6-3)49-56-48-45-42-39-36-34-32-30-25-23-21-19-17-14-11-8-5-2/h8,11,17,19,23,25,32,34,39,42,51H,4-7,9-10,12-16,18,20-22,24,26-31,33,35-38,40-41,43-50H2,1-3H3/b11-8-,19-17-,25-23-,34-32-,42-39-. The number of rotatable bonds is 45. The number of carbonyl (C=O) groups excluding carboxylic acids is 2. The van der Waals surface area contributed by atoms with Crippen molar-refractivity contribution >= 4 is 11.9 Å². The second kappa shape index (κ2) is 49.0. The van der Waals surface area contributed by atoms with Crippen molar-refractivity contribution in [1.29, 1.82) is 0 Å². The van der Waals surface area contributed by atoms with Crippen LogP contribution in [0.4, 0.5) is 0 Å². The highest BCUT2D eigenvalue weighted by Gasteiger charge is 2.17. The Hall–Kier alpha value is -2.40. The molecule has 0 aromatic carbocycles. The molecule has 0 fully saturated rings. The van der Waals surface area contributed by atoms with Crippen LogP contribution >= 0.6 is 0 Å². The van der Waals surface area contributed by atoms with Crippen molar-refractivity contribution in [3.8, 4) is 0 Å². The summed E-state index contributed by atoms with van der Waals surface area (Å²) < 4.78 is 17.2. The molecule has 0 aliphatic heterocycles. The van der Waals surface area contributed by atoms with E-state index in [0.29, 0.717) is 19.4 Å². The van der Waals surface area contributed by atoms with E-state index < -0.39 is 6.10 Å². The van der Waals surface area contributed by atoms with Gasteiger partial charge in [0.2, 0.25) is 0 Å². The van der Waals surface area contributed by atoms with Gasteiger partial charge in [0.15, 0.2) is 6.10 Å². The number of allylic oxidation sites excluding steroid dienone is 9. The third-order valence-electron chi connectivity index (χ3n) is 10.6. The topological polar surface area (TPSA) is 61.8 Å². The summed E-state index contributed by atoms with van der Waals surface area (Å²) in [5, 5.41) is 0. The first-order valence-electron chi connectivity index (χ1n) is 24.8. The first-order valence-corrected chi connectivity index (χ1v) is 24.8. The summed E-state index contributed by atoms with van der Waals surface area (Å²) in [7, 11) is 0. The minimum absolute atomic E-state index is 0.0579. The highest BCUT2D eigenvalue weighted by molar-refractivity contribution is 5.70. The van der Waals surface area contributed by atoms with Crippen LogP contribution in [0.2, 0.25) is 0 Å². The zero-order chi connectivity index (χ0) is 42.1. The molecule has 1 atom stereocenters. The maximum absolute atomic E-state index is 12.6. The highest BCUT2D eigenvalue weighted by Crippen LogP contribution is 2.15. The molecule has 0 aromatic heterocycles. The van der Waals surface area contributed by atoms with Gasteiger partial charge in [-0.25, -0.2) is 0 Å². The number of hydrogen-bond donors (Lipinski definition) is 0. The zero-order valence-electron chi connectivity index (χ0n) is 38.6. The third-order valence-corrected chi connectivity index (χ3v) is 10.6. The molecule has 0 heterocycles. The van der Waals surface area contributed by atoms with Gasteiger partial charge in [-0.15, -0.1) is 0 Å². The maximum atomic E-state index is 12.6. The summed E-state index contributed by atoms with van der Waals surface area (Å²) in [5.74, 6) is -0.436. The molecule has 0 aromatic rings. The Labute approximate surface area is 360 Å². The van der Waals surface area contributed by atoms with Crippen LogP contribution in [-0.4, -0.2) is 37.9 Å². The van der Waals surface area contributed by atoms with E-state index in [2.05, 4.69) is 81.5 Å². The molecule has 5 nitrogen and oxygen atoms in total. The molecule has 0 aliphatic rings. The molecule has 0 amide bonds. The average molecular weight is 811 g/mol. The molecule has 0 N–H and O–H groups in total. The molecule has 0 saturated carbocycles. The number of ether oxygens (including phenoxy) is 3. The summed E-state index contributed by atoms with van der Waals surface area (Å²) in [6, 6.07) is 0. The molecule has 5 heteroatoms. The molecular formula is C53H94O5. The van der Waals surface area contributed by atoms with Crippen LogP contribution in [-0.2, 0) is 23.8 Å². The number of unbranched alkanes of at least 4 members (excludes halogenated alkanes) is 24. The van der Waals surface area contributed by atoms with Gasteiger partial charge in [0.1, 0.15) is 6.61 Å². The van der Waals surface area contributed by atoms with E-state index in [1.807, 2.05) is 0 Å². The van der Waals surface area contributed by atoms with E-state index in [-0.39, 0.29) is 25.2 Å². The second-order valence-corrected chi connectivity index (χ2v) is 16.4. The fourth-order valence-corrected chi connectivity index (χ4v) is 6.93. The maximum Gasteiger partial charge on any atom is 0.306 e. The fraction of sp³-hybridized carbons (Fsp3) is 0.774. The molecule has 0 spiro atoms. The normalized spacial score (nSPS) is 12.7. The molecular weight excluding hydrogens is 717 g/mol. The van der Waals surface area contributed by atoms with Crippen LogP contribution in [0, 0.1) is 0 Å². The summed E-state index contributed by atoms with van der Waals surface area (Å²) in [5.41, 5.74) is 0. The molecule has 0 radical (unpaired) electrons. The van der Waals surface area contributed by atoms with E-state index in [0.717, 1.165) is 70.6 Å². The Morgan fingerprint density at radius 2 is 0.741 bits per heavy atom. The minimum Gasteiger partial charge on any atom is -0.462 e. The molecule has 0 saturated heterocycles. The number of carbonyl (C=O) groups is 2. The van der Waals surface area contributed by atoms with Crippen LogP contribution in [0.5, 0.6) is 0 Å². The highest BCUT2D eigenvalue weighted by atomic mass is 16.6. The fourth-order valence-electron chi connectivity index (χ4n) is 6.93. The van der Waals surface area contributed by atoms with Crippen molar-refractivity contribution in [1.82, 2.24) is 0 Å².